The van der Waals surface area contributed by atoms with Gasteiger partial charge in [0.25, 0.3) is 0 Å². The van der Waals surface area contributed by atoms with Crippen molar-refractivity contribution >= 4 is 29.2 Å². The molecule has 76 valence electrons. The first-order valence-electron chi connectivity index (χ1n) is 3.89. The van der Waals surface area contributed by atoms with Crippen molar-refractivity contribution < 1.29 is 9.53 Å². The predicted molar refractivity (Wildman–Crippen MR) is 55.1 cm³/mol. The maximum Gasteiger partial charge on any atom is 0.341 e. The van der Waals surface area contributed by atoms with Crippen LogP contribution in [0.15, 0.2) is 0 Å². The Labute approximate surface area is 92.0 Å². The molecule has 0 atom stereocenters. The number of hydrogen-bond acceptors (Lipinski definition) is 3. The number of aromatic nitrogens is 1. The van der Waals surface area contributed by atoms with Crippen molar-refractivity contribution in [2.45, 2.75) is 13.8 Å². The van der Waals surface area contributed by atoms with Crippen molar-refractivity contribution in [2.24, 2.45) is 0 Å². The van der Waals surface area contributed by atoms with Crippen molar-refractivity contribution in [1.29, 1.82) is 0 Å². The lowest BCUT2D eigenvalue weighted by Gasteiger charge is -2.08. The van der Waals surface area contributed by atoms with Crippen LogP contribution < -0.4 is 0 Å². The summed E-state index contributed by atoms with van der Waals surface area (Å²) in [4.78, 5) is 15.3. The van der Waals surface area contributed by atoms with Gasteiger partial charge in [0.2, 0.25) is 0 Å². The van der Waals surface area contributed by atoms with E-state index in [4.69, 9.17) is 23.2 Å². The molecule has 1 heterocycles. The van der Waals surface area contributed by atoms with E-state index in [1.54, 1.807) is 13.8 Å². The average molecular weight is 234 g/mol. The number of esters is 1. The number of carbonyl (C=O) groups excluding carboxylic acids is 1. The summed E-state index contributed by atoms with van der Waals surface area (Å²) < 4.78 is 4.59. The molecule has 0 bridgehead atoms. The van der Waals surface area contributed by atoms with Crippen molar-refractivity contribution in [1.82, 2.24) is 4.98 Å². The number of rotatable bonds is 1. The molecule has 0 fully saturated rings. The van der Waals surface area contributed by atoms with Gasteiger partial charge >= 0.3 is 5.97 Å². The Hall–Kier alpha value is -0.800. The number of aryl methyl sites for hydroxylation is 1. The van der Waals surface area contributed by atoms with E-state index >= 15 is 0 Å². The predicted octanol–water partition coefficient (Wildman–Crippen LogP) is 2.79. The van der Waals surface area contributed by atoms with E-state index < -0.39 is 5.97 Å². The van der Waals surface area contributed by atoms with E-state index in [0.29, 0.717) is 21.4 Å². The maximum atomic E-state index is 11.3. The highest BCUT2D eigenvalue weighted by atomic mass is 35.5. The molecule has 5 heteroatoms. The summed E-state index contributed by atoms with van der Waals surface area (Å²) in [6.07, 6.45) is 0. The summed E-state index contributed by atoms with van der Waals surface area (Å²) in [6, 6.07) is 0. The molecule has 0 aliphatic rings. The first-order chi connectivity index (χ1) is 6.49. The topological polar surface area (TPSA) is 39.2 Å². The molecule has 0 amide bonds. The van der Waals surface area contributed by atoms with Gasteiger partial charge in [-0.25, -0.2) is 9.78 Å². The Morgan fingerprint density at radius 2 is 1.93 bits per heavy atom. The van der Waals surface area contributed by atoms with Crippen LogP contribution in [0.1, 0.15) is 21.6 Å². The molecule has 1 rings (SSSR count). The molecular formula is C9H9Cl2NO2. The standard InChI is InChI=1S/C9H9Cl2NO2/c1-4-7(10)6(9(13)14-3)5(2)12-8(4)11/h1-3H3. The van der Waals surface area contributed by atoms with E-state index in [9.17, 15) is 4.79 Å². The number of nitrogens with zero attached hydrogens (tertiary/aromatic N) is 1. The lowest BCUT2D eigenvalue weighted by Crippen LogP contribution is -2.07. The van der Waals surface area contributed by atoms with Gasteiger partial charge in [-0.05, 0) is 13.8 Å². The highest BCUT2D eigenvalue weighted by molar-refractivity contribution is 6.37. The summed E-state index contributed by atoms with van der Waals surface area (Å²) in [5, 5.41) is 0.606. The van der Waals surface area contributed by atoms with Gasteiger partial charge in [-0.1, -0.05) is 23.2 Å². The fraction of sp³-hybridized carbons (Fsp3) is 0.333. The van der Waals surface area contributed by atoms with E-state index in [-0.39, 0.29) is 5.56 Å². The van der Waals surface area contributed by atoms with Crippen LogP contribution in [0.25, 0.3) is 0 Å². The Morgan fingerprint density at radius 3 is 2.43 bits per heavy atom. The SMILES string of the molecule is COC(=O)c1c(C)nc(Cl)c(C)c1Cl. The number of halogens is 2. The molecule has 1 aromatic heterocycles. The highest BCUT2D eigenvalue weighted by Gasteiger charge is 2.18. The van der Waals surface area contributed by atoms with Crippen LogP contribution in [0.3, 0.4) is 0 Å². The number of carbonyl (C=O) groups is 1. The molecule has 0 saturated heterocycles. The molecule has 0 radical (unpaired) electrons. The van der Waals surface area contributed by atoms with E-state index in [2.05, 4.69) is 9.72 Å². The molecule has 0 aliphatic carbocycles. The second-order valence-corrected chi connectivity index (χ2v) is 3.53. The summed E-state index contributed by atoms with van der Waals surface area (Å²) >= 11 is 11.7. The minimum atomic E-state index is -0.500. The normalized spacial score (nSPS) is 10.1. The van der Waals surface area contributed by atoms with Gasteiger partial charge in [0.05, 0.1) is 23.4 Å². The zero-order chi connectivity index (χ0) is 10.9. The second kappa shape index (κ2) is 4.15. The Morgan fingerprint density at radius 1 is 1.36 bits per heavy atom. The van der Waals surface area contributed by atoms with Crippen LogP contribution in [0, 0.1) is 13.8 Å². The molecule has 0 aliphatic heterocycles. The third-order valence-electron chi connectivity index (χ3n) is 1.88. The molecular weight excluding hydrogens is 225 g/mol. The van der Waals surface area contributed by atoms with E-state index in [1.807, 2.05) is 0 Å². The third kappa shape index (κ3) is 1.83. The number of ether oxygens (including phenoxy) is 1. The number of pyridine rings is 1. The van der Waals surface area contributed by atoms with Crippen LogP contribution in [0.4, 0.5) is 0 Å². The highest BCUT2D eigenvalue weighted by Crippen LogP contribution is 2.28. The Kier molecular flexibility index (Phi) is 3.34. The zero-order valence-electron chi connectivity index (χ0n) is 8.02. The van der Waals surface area contributed by atoms with Gasteiger partial charge in [0.1, 0.15) is 5.15 Å². The largest absolute Gasteiger partial charge is 0.465 e. The Bertz CT molecular complexity index is 391. The molecule has 0 aromatic carbocycles. The van der Waals surface area contributed by atoms with Gasteiger partial charge in [-0.3, -0.25) is 0 Å². The lowest BCUT2D eigenvalue weighted by atomic mass is 10.1. The molecule has 0 N–H and O–H groups in total. The average Bonchev–Trinajstić information content (AvgIpc) is 2.14. The van der Waals surface area contributed by atoms with Gasteiger partial charge in [-0.15, -0.1) is 0 Å². The van der Waals surface area contributed by atoms with E-state index in [0.717, 1.165) is 0 Å². The maximum absolute atomic E-state index is 11.3. The van der Waals surface area contributed by atoms with Crippen LogP contribution >= 0.6 is 23.2 Å². The van der Waals surface area contributed by atoms with Crippen LogP contribution in [-0.4, -0.2) is 18.1 Å². The summed E-state index contributed by atoms with van der Waals surface area (Å²) in [7, 11) is 1.29. The van der Waals surface area contributed by atoms with Crippen molar-refractivity contribution in [3.05, 3.63) is 27.0 Å². The molecule has 0 spiro atoms. The molecule has 3 nitrogen and oxygen atoms in total. The fourth-order valence-corrected chi connectivity index (χ4v) is 1.64. The number of hydrogen-bond donors (Lipinski definition) is 0. The zero-order valence-corrected chi connectivity index (χ0v) is 9.53. The smallest absolute Gasteiger partial charge is 0.341 e. The lowest BCUT2D eigenvalue weighted by molar-refractivity contribution is 0.0599. The summed E-state index contributed by atoms with van der Waals surface area (Å²) in [6.45, 7) is 3.35. The first-order valence-corrected chi connectivity index (χ1v) is 4.65. The van der Waals surface area contributed by atoms with Crippen molar-refractivity contribution in [3.63, 3.8) is 0 Å². The van der Waals surface area contributed by atoms with Crippen LogP contribution in [0.5, 0.6) is 0 Å². The van der Waals surface area contributed by atoms with Gasteiger partial charge in [0, 0.05) is 5.56 Å². The molecule has 1 aromatic rings. The third-order valence-corrected chi connectivity index (χ3v) is 2.72. The summed E-state index contributed by atoms with van der Waals surface area (Å²) in [5.74, 6) is -0.500. The summed E-state index contributed by atoms with van der Waals surface area (Å²) in [5.41, 5.74) is 1.33. The van der Waals surface area contributed by atoms with Gasteiger partial charge in [0.15, 0.2) is 0 Å². The molecule has 14 heavy (non-hydrogen) atoms. The first kappa shape index (κ1) is 11.3. The minimum Gasteiger partial charge on any atom is -0.465 e. The monoisotopic (exact) mass is 233 g/mol. The number of methoxy groups -OCH3 is 1. The van der Waals surface area contributed by atoms with Crippen LogP contribution in [0.2, 0.25) is 10.2 Å². The van der Waals surface area contributed by atoms with Crippen molar-refractivity contribution in [2.75, 3.05) is 7.11 Å². The van der Waals surface area contributed by atoms with E-state index in [1.165, 1.54) is 7.11 Å². The Balaban J connectivity index is 3.44. The van der Waals surface area contributed by atoms with Gasteiger partial charge < -0.3 is 4.74 Å². The fourth-order valence-electron chi connectivity index (χ4n) is 1.06. The minimum absolute atomic E-state index is 0.274. The van der Waals surface area contributed by atoms with Crippen LogP contribution in [-0.2, 0) is 4.74 Å². The van der Waals surface area contributed by atoms with Gasteiger partial charge in [-0.2, -0.15) is 0 Å². The second-order valence-electron chi connectivity index (χ2n) is 2.79. The quantitative estimate of drug-likeness (QED) is 0.554. The molecule has 0 saturated carbocycles. The molecule has 0 unspecified atom stereocenters. The van der Waals surface area contributed by atoms with Crippen molar-refractivity contribution in [3.8, 4) is 0 Å².